The van der Waals surface area contributed by atoms with E-state index in [1.165, 1.54) is 123 Å². The number of para-hydroxylation sites is 3. The fourth-order valence-electron chi connectivity index (χ4n) is 12.8. The van der Waals surface area contributed by atoms with Gasteiger partial charge >= 0.3 is 0 Å². The molecule has 0 unspecified atom stereocenters. The molecule has 0 bridgehead atoms. The highest BCUT2D eigenvalue weighted by Gasteiger charge is 2.25. The van der Waals surface area contributed by atoms with Crippen LogP contribution in [0.1, 0.15) is 11.1 Å². The highest BCUT2D eigenvalue weighted by molar-refractivity contribution is 5.88. The van der Waals surface area contributed by atoms with E-state index in [1.54, 1.807) is 0 Å². The molecule has 11 heteroatoms. The maximum atomic E-state index is 4.45. The van der Waals surface area contributed by atoms with Crippen molar-refractivity contribution in [3.05, 3.63) is 273 Å². The lowest BCUT2D eigenvalue weighted by atomic mass is 10.0. The second-order valence-electron chi connectivity index (χ2n) is 23.4. The molecule has 0 aliphatic carbocycles. The maximum absolute atomic E-state index is 4.45. The van der Waals surface area contributed by atoms with Crippen LogP contribution in [0.15, 0.2) is 261 Å². The normalized spacial score (nSPS) is 11.1. The van der Waals surface area contributed by atoms with Crippen LogP contribution in [-0.4, -0.2) is 32.4 Å². The largest absolute Gasteiger partial charge is 0.346 e. The first kappa shape index (κ1) is 59.4. The van der Waals surface area contributed by atoms with Gasteiger partial charge in [-0.3, -0.25) is 0 Å². The van der Waals surface area contributed by atoms with Crippen molar-refractivity contribution in [1.29, 1.82) is 0 Å². The Labute approximate surface area is 528 Å². The first-order valence-corrected chi connectivity index (χ1v) is 30.6. The second-order valence-corrected chi connectivity index (χ2v) is 23.4. The van der Waals surface area contributed by atoms with Crippen molar-refractivity contribution in [2.45, 2.75) is 13.8 Å². The van der Waals surface area contributed by atoms with E-state index in [0.29, 0.717) is 0 Å². The molecular weight excluding hydrogens is 1100 g/mol. The van der Waals surface area contributed by atoms with Gasteiger partial charge in [0.2, 0.25) is 51.4 Å². The van der Waals surface area contributed by atoms with E-state index in [2.05, 4.69) is 372 Å². The van der Waals surface area contributed by atoms with Crippen LogP contribution >= 0.6 is 0 Å². The van der Waals surface area contributed by atoms with Crippen LogP contribution in [0.25, 0.3) is 124 Å². The monoisotopic (exact) mass is 1180 g/mol. The molecule has 446 valence electrons. The Morgan fingerprint density at radius 2 is 0.589 bits per heavy atom. The molecule has 0 saturated heterocycles. The highest BCUT2D eigenvalue weighted by atomic mass is 15.1. The van der Waals surface area contributed by atoms with Gasteiger partial charge in [-0.05, 0) is 122 Å². The lowest BCUT2D eigenvalue weighted by Gasteiger charge is -2.08. The van der Waals surface area contributed by atoms with Crippen molar-refractivity contribution in [3.8, 4) is 91.0 Å². The third-order valence-electron chi connectivity index (χ3n) is 17.9. The zero-order chi connectivity index (χ0) is 62.7. The minimum atomic E-state index is 0.975. The number of aromatic nitrogens is 11. The van der Waals surface area contributed by atoms with Gasteiger partial charge in [-0.2, -0.15) is 18.3 Å². The predicted molar refractivity (Wildman–Crippen MR) is 368 cm³/mol. The van der Waals surface area contributed by atoms with Crippen LogP contribution < -0.4 is 18.3 Å². The summed E-state index contributed by atoms with van der Waals surface area (Å²) in [6.45, 7) is 4.31. The Kier molecular flexibility index (Phi) is 16.8. The number of imidazole rings is 1. The Morgan fingerprint density at radius 3 is 0.922 bits per heavy atom. The van der Waals surface area contributed by atoms with Gasteiger partial charge in [0, 0.05) is 159 Å². The van der Waals surface area contributed by atoms with E-state index in [9.17, 15) is 0 Å². The van der Waals surface area contributed by atoms with Gasteiger partial charge < -0.3 is 27.4 Å². The molecule has 11 nitrogen and oxygen atoms in total. The van der Waals surface area contributed by atoms with Crippen LogP contribution in [0.2, 0.25) is 0 Å². The molecule has 10 aromatic heterocycles. The zero-order valence-electron chi connectivity index (χ0n) is 53.7. The number of hydrogen-bond acceptors (Lipinski definition) is 1. The van der Waals surface area contributed by atoms with E-state index in [1.807, 2.05) is 24.0 Å². The minimum Gasteiger partial charge on any atom is -0.346 e. The van der Waals surface area contributed by atoms with Crippen LogP contribution in [0.3, 0.4) is 0 Å². The Bertz CT molecular complexity index is 4910. The molecule has 15 rings (SSSR count). The Balaban J connectivity index is 0.000000117. The summed E-state index contributed by atoms with van der Waals surface area (Å²) in [7, 11) is 21.1. The Morgan fingerprint density at radius 1 is 0.278 bits per heavy atom. The number of aryl methyl sites for hydroxylation is 8. The summed E-state index contributed by atoms with van der Waals surface area (Å²) in [5.74, 6) is 0.975. The summed E-state index contributed by atoms with van der Waals surface area (Å²) in [5.41, 5.74) is 24.6. The molecule has 90 heavy (non-hydrogen) atoms. The molecule has 0 aliphatic rings. The standard InChI is InChI=1S/C24H22N3.C22H21N2.C17H18N3.C16H18N3/c1-25-19-11-6-4-9-17(19)15-23(25)21-13-8-14-22(27(21)3)24-16-18-10-5-7-12-20(18)26(24)2;1-16-9-4-6-11-18(16)20-13-8-14-21(24(20)3)22-15-17-10-5-7-12-19(17)23(22)2;1-13-7-4-5-8-14(13)15-9-6-10-16(20(15)3)17-18-11-12-19(17)2;1-17-11-5-9-13(17)15-7-4-8-16(19(15)3)14-10-6-12-18(14)2/h4-16H,1-3H3;4-15H,1-3H3;4-12H,1-3H3;4-12H,1-3H3/q4*+1. The van der Waals surface area contributed by atoms with Crippen LogP contribution in [0.5, 0.6) is 0 Å². The average Bonchev–Trinajstić information content (AvgIpc) is 1.79. The highest BCUT2D eigenvalue weighted by Crippen LogP contribution is 2.31. The molecule has 10 heterocycles. The van der Waals surface area contributed by atoms with Crippen molar-refractivity contribution in [1.82, 2.24) is 32.4 Å². The molecule has 0 amide bonds. The molecule has 0 radical (unpaired) electrons. The van der Waals surface area contributed by atoms with Gasteiger partial charge in [0.1, 0.15) is 56.7 Å². The summed E-state index contributed by atoms with van der Waals surface area (Å²) in [5, 5.41) is 3.81. The van der Waals surface area contributed by atoms with E-state index in [-0.39, 0.29) is 0 Å². The number of nitrogens with zero attached hydrogens (tertiary/aromatic N) is 11. The summed E-state index contributed by atoms with van der Waals surface area (Å²) in [4.78, 5) is 4.45. The average molecular weight is 1180 g/mol. The van der Waals surface area contributed by atoms with Gasteiger partial charge in [0.25, 0.3) is 0 Å². The van der Waals surface area contributed by atoms with Crippen LogP contribution in [0, 0.1) is 13.8 Å². The maximum Gasteiger partial charge on any atom is 0.248 e. The molecule has 0 atom stereocenters. The summed E-state index contributed by atoms with van der Waals surface area (Å²) >= 11 is 0. The molecule has 15 aromatic rings. The fourth-order valence-corrected chi connectivity index (χ4v) is 12.8. The van der Waals surface area contributed by atoms with Crippen molar-refractivity contribution >= 4 is 32.7 Å². The molecule has 5 aromatic carbocycles. The number of hydrogen-bond donors (Lipinski definition) is 0. The summed E-state index contributed by atoms with van der Waals surface area (Å²) < 4.78 is 22.2. The lowest BCUT2D eigenvalue weighted by Crippen LogP contribution is -2.34. The minimum absolute atomic E-state index is 0.975. The quantitative estimate of drug-likeness (QED) is 0.140. The van der Waals surface area contributed by atoms with Crippen molar-refractivity contribution < 1.29 is 18.3 Å². The summed E-state index contributed by atoms with van der Waals surface area (Å²) in [6, 6.07) is 83.7. The topological polar surface area (TPSA) is 58.0 Å². The number of fused-ring (bicyclic) bond motifs is 3. The second kappa shape index (κ2) is 25.4. The summed E-state index contributed by atoms with van der Waals surface area (Å²) in [6.07, 6.45) is 7.95. The first-order chi connectivity index (χ1) is 43.7. The number of benzene rings is 5. The van der Waals surface area contributed by atoms with Crippen LogP contribution in [-0.2, 0) is 70.5 Å². The molecule has 0 saturated carbocycles. The molecule has 0 N–H and O–H groups in total. The third-order valence-corrected chi connectivity index (χ3v) is 17.9. The lowest BCUT2D eigenvalue weighted by molar-refractivity contribution is -0.649. The SMILES string of the molecule is Cc1ccccc1-c1cccc(-c2cc3ccccc3n2C)[n+]1C.Cc1ccccc1-c1cccc(-c2nccn2C)[n+]1C.Cn1c(-c2cccc(-c3cc4ccccc4n3C)[n+]2C)cc2ccccc21.Cn1cccc1-c1cccc(-c2cccn2C)[n+]1C. The van der Waals surface area contributed by atoms with Gasteiger partial charge in [-0.25, -0.2) is 4.98 Å². The zero-order valence-corrected chi connectivity index (χ0v) is 53.7. The number of rotatable bonds is 8. The molecular formula is C79H79N11+4. The van der Waals surface area contributed by atoms with E-state index >= 15 is 0 Å². The van der Waals surface area contributed by atoms with E-state index in [4.69, 9.17) is 0 Å². The van der Waals surface area contributed by atoms with E-state index in [0.717, 1.165) is 11.5 Å². The first-order valence-electron chi connectivity index (χ1n) is 30.6. The van der Waals surface area contributed by atoms with Gasteiger partial charge in [-0.1, -0.05) is 91.0 Å². The predicted octanol–water partition coefficient (Wildman–Crippen LogP) is 14.9. The molecule has 0 fully saturated rings. The molecule has 0 aliphatic heterocycles. The fraction of sp³-hybridized carbons (Fsp3) is 0.152. The van der Waals surface area contributed by atoms with E-state index < -0.39 is 0 Å². The van der Waals surface area contributed by atoms with Crippen LogP contribution in [0.4, 0.5) is 0 Å². The van der Waals surface area contributed by atoms with Crippen molar-refractivity contribution in [2.24, 2.45) is 70.5 Å². The van der Waals surface area contributed by atoms with Crippen molar-refractivity contribution in [2.75, 3.05) is 0 Å². The van der Waals surface area contributed by atoms with Gasteiger partial charge in [-0.15, -0.1) is 0 Å². The van der Waals surface area contributed by atoms with Crippen molar-refractivity contribution in [3.63, 3.8) is 0 Å². The van der Waals surface area contributed by atoms with Gasteiger partial charge in [0.05, 0.1) is 0 Å². The van der Waals surface area contributed by atoms with Gasteiger partial charge in [0.15, 0.2) is 0 Å². The number of pyridine rings is 4. The smallest absolute Gasteiger partial charge is 0.248 e. The molecule has 0 spiro atoms. The third kappa shape index (κ3) is 11.4. The Hall–Kier alpha value is -10.9.